The summed E-state index contributed by atoms with van der Waals surface area (Å²) >= 11 is 0. The molecule has 29 heavy (non-hydrogen) atoms. The highest BCUT2D eigenvalue weighted by molar-refractivity contribution is 14.0. The minimum atomic E-state index is -4.44. The second-order valence-corrected chi connectivity index (χ2v) is 5.89. The van der Waals surface area contributed by atoms with Crippen molar-refractivity contribution in [2.75, 3.05) is 19.7 Å². The van der Waals surface area contributed by atoms with Crippen LogP contribution >= 0.6 is 24.0 Å². The summed E-state index contributed by atoms with van der Waals surface area (Å²) in [7, 11) is 0. The van der Waals surface area contributed by atoms with Gasteiger partial charge in [0.05, 0.1) is 17.8 Å². The third-order valence-corrected chi connectivity index (χ3v) is 3.58. The maximum absolute atomic E-state index is 12.7. The maximum atomic E-state index is 12.7. The van der Waals surface area contributed by atoms with Crippen LogP contribution in [0.3, 0.4) is 0 Å². The van der Waals surface area contributed by atoms with Gasteiger partial charge < -0.3 is 20.5 Å². The second kappa shape index (κ2) is 12.5. The zero-order valence-corrected chi connectivity index (χ0v) is 18.1. The Morgan fingerprint density at radius 1 is 1.21 bits per heavy atom. The van der Waals surface area contributed by atoms with Gasteiger partial charge in [-0.15, -0.1) is 24.0 Å². The number of alkyl halides is 3. The Labute approximate surface area is 184 Å². The molecule has 1 unspecified atom stereocenters. The van der Waals surface area contributed by atoms with Gasteiger partial charge in [0.15, 0.2) is 5.96 Å². The highest BCUT2D eigenvalue weighted by Crippen LogP contribution is 2.31. The number of nitrogens with one attached hydrogen (secondary N) is 2. The normalized spacial score (nSPS) is 12.7. The van der Waals surface area contributed by atoms with Crippen LogP contribution in [0.2, 0.25) is 0 Å². The molecule has 0 radical (unpaired) electrons. The first kappa shape index (κ1) is 25.0. The molecule has 0 saturated heterocycles. The lowest BCUT2D eigenvalue weighted by Crippen LogP contribution is -2.42. The molecule has 3 N–H and O–H groups in total. The van der Waals surface area contributed by atoms with Gasteiger partial charge in [0, 0.05) is 19.3 Å². The molecule has 0 aliphatic carbocycles. The van der Waals surface area contributed by atoms with E-state index in [-0.39, 0.29) is 42.9 Å². The molecule has 0 aliphatic rings. The van der Waals surface area contributed by atoms with E-state index in [1.54, 1.807) is 6.20 Å². The van der Waals surface area contributed by atoms with Crippen molar-refractivity contribution >= 4 is 29.9 Å². The van der Waals surface area contributed by atoms with Crippen molar-refractivity contribution in [1.82, 2.24) is 15.6 Å². The van der Waals surface area contributed by atoms with Gasteiger partial charge in [-0.3, -0.25) is 4.98 Å². The number of nitrogens with zero attached hydrogens (tertiary/aromatic N) is 2. The lowest BCUT2D eigenvalue weighted by Gasteiger charge is -2.16. The largest absolute Gasteiger partial charge is 0.491 e. The molecule has 0 bridgehead atoms. The molecule has 0 spiro atoms. The number of hydrogen-bond donors (Lipinski definition) is 3. The Bertz CT molecular complexity index is 761. The molecule has 0 amide bonds. The van der Waals surface area contributed by atoms with Gasteiger partial charge in [0.25, 0.3) is 0 Å². The van der Waals surface area contributed by atoms with Crippen molar-refractivity contribution in [3.05, 3.63) is 59.9 Å². The number of guanidine groups is 1. The minimum absolute atomic E-state index is 0. The number of rotatable bonds is 8. The van der Waals surface area contributed by atoms with Crippen molar-refractivity contribution in [3.63, 3.8) is 0 Å². The number of pyridine rings is 1. The molecule has 10 heteroatoms. The highest BCUT2D eigenvalue weighted by Gasteiger charge is 2.30. The number of benzene rings is 1. The summed E-state index contributed by atoms with van der Waals surface area (Å²) in [5, 5.41) is 16.0. The van der Waals surface area contributed by atoms with Crippen LogP contribution in [-0.2, 0) is 12.7 Å². The van der Waals surface area contributed by atoms with Gasteiger partial charge >= 0.3 is 6.18 Å². The van der Waals surface area contributed by atoms with E-state index in [2.05, 4.69) is 20.6 Å². The quantitative estimate of drug-likeness (QED) is 0.281. The summed E-state index contributed by atoms with van der Waals surface area (Å²) in [6.45, 7) is 2.87. The summed E-state index contributed by atoms with van der Waals surface area (Å²) in [4.78, 5) is 8.55. The summed E-state index contributed by atoms with van der Waals surface area (Å²) in [5.74, 6) is 0.538. The Morgan fingerprint density at radius 2 is 2.00 bits per heavy atom. The van der Waals surface area contributed by atoms with E-state index in [9.17, 15) is 18.3 Å². The van der Waals surface area contributed by atoms with Crippen molar-refractivity contribution in [1.29, 1.82) is 0 Å². The van der Waals surface area contributed by atoms with Gasteiger partial charge in [0.1, 0.15) is 18.5 Å². The summed E-state index contributed by atoms with van der Waals surface area (Å²) in [5.41, 5.74) is 0.00170. The maximum Gasteiger partial charge on any atom is 0.416 e. The SMILES string of the molecule is CCNC(=NCc1ccccn1)NCC(O)COc1cccc(C(F)(F)F)c1.I. The first-order chi connectivity index (χ1) is 13.4. The van der Waals surface area contributed by atoms with Crippen LogP contribution in [0.4, 0.5) is 13.2 Å². The van der Waals surface area contributed by atoms with Gasteiger partial charge in [-0.05, 0) is 37.3 Å². The number of aromatic nitrogens is 1. The Hall–Kier alpha value is -2.08. The Morgan fingerprint density at radius 3 is 2.66 bits per heavy atom. The highest BCUT2D eigenvalue weighted by atomic mass is 127. The van der Waals surface area contributed by atoms with E-state index < -0.39 is 17.8 Å². The third-order valence-electron chi connectivity index (χ3n) is 3.58. The van der Waals surface area contributed by atoms with Gasteiger partial charge in [-0.1, -0.05) is 12.1 Å². The predicted octanol–water partition coefficient (Wildman–Crippen LogP) is 3.21. The van der Waals surface area contributed by atoms with Crippen molar-refractivity contribution in [2.45, 2.75) is 25.7 Å². The third kappa shape index (κ3) is 9.31. The fourth-order valence-electron chi connectivity index (χ4n) is 2.22. The average Bonchev–Trinajstić information content (AvgIpc) is 2.69. The first-order valence-corrected chi connectivity index (χ1v) is 8.78. The first-order valence-electron chi connectivity index (χ1n) is 8.78. The standard InChI is InChI=1S/C19H23F3N4O2.HI/c1-2-23-18(25-11-15-7-3-4-9-24-15)26-12-16(27)13-28-17-8-5-6-14(10-17)19(20,21)22;/h3-10,16,27H,2,11-13H2,1H3,(H2,23,25,26);1H. The molecular weight excluding hydrogens is 500 g/mol. The summed E-state index contributed by atoms with van der Waals surface area (Å²) in [6, 6.07) is 10.1. The number of aliphatic imine (C=N–C) groups is 1. The fourth-order valence-corrected chi connectivity index (χ4v) is 2.22. The predicted molar refractivity (Wildman–Crippen MR) is 115 cm³/mol. The minimum Gasteiger partial charge on any atom is -0.491 e. The van der Waals surface area contributed by atoms with Gasteiger partial charge in [0.2, 0.25) is 0 Å². The molecule has 160 valence electrons. The molecule has 1 aromatic carbocycles. The van der Waals surface area contributed by atoms with Crippen LogP contribution in [0.25, 0.3) is 0 Å². The summed E-state index contributed by atoms with van der Waals surface area (Å²) in [6.07, 6.45) is -3.70. The lowest BCUT2D eigenvalue weighted by atomic mass is 10.2. The lowest BCUT2D eigenvalue weighted by molar-refractivity contribution is -0.137. The number of halogens is 4. The zero-order chi connectivity index (χ0) is 20.4. The summed E-state index contributed by atoms with van der Waals surface area (Å²) < 4.78 is 43.4. The topological polar surface area (TPSA) is 78.8 Å². The molecule has 0 aliphatic heterocycles. The van der Waals surface area contributed by atoms with Crippen LogP contribution in [-0.4, -0.2) is 41.9 Å². The zero-order valence-electron chi connectivity index (χ0n) is 15.8. The number of hydrogen-bond acceptors (Lipinski definition) is 4. The molecule has 0 fully saturated rings. The van der Waals surface area contributed by atoms with Crippen LogP contribution in [0, 0.1) is 0 Å². The van der Waals surface area contributed by atoms with Gasteiger partial charge in [-0.25, -0.2) is 4.99 Å². The molecule has 6 nitrogen and oxygen atoms in total. The van der Waals surface area contributed by atoms with Crippen LogP contribution in [0.1, 0.15) is 18.2 Å². The van der Waals surface area contributed by atoms with E-state index in [0.717, 1.165) is 17.8 Å². The monoisotopic (exact) mass is 524 g/mol. The van der Waals surface area contributed by atoms with Crippen molar-refractivity contribution in [2.24, 2.45) is 4.99 Å². The van der Waals surface area contributed by atoms with Crippen molar-refractivity contribution in [3.8, 4) is 5.75 Å². The molecule has 1 heterocycles. The second-order valence-electron chi connectivity index (χ2n) is 5.89. The molecular formula is C19H24F3IN4O2. The molecule has 2 aromatic rings. The number of ether oxygens (including phenoxy) is 1. The smallest absolute Gasteiger partial charge is 0.416 e. The average molecular weight is 524 g/mol. The van der Waals surface area contributed by atoms with E-state index in [1.807, 2.05) is 25.1 Å². The molecule has 2 rings (SSSR count). The molecule has 1 aromatic heterocycles. The van der Waals surface area contributed by atoms with E-state index in [0.29, 0.717) is 19.0 Å². The van der Waals surface area contributed by atoms with E-state index in [4.69, 9.17) is 4.74 Å². The van der Waals surface area contributed by atoms with Crippen molar-refractivity contribution < 1.29 is 23.0 Å². The van der Waals surface area contributed by atoms with Crippen LogP contribution < -0.4 is 15.4 Å². The fraction of sp³-hybridized carbons (Fsp3) is 0.368. The Balaban J connectivity index is 0.00000420. The van der Waals surface area contributed by atoms with E-state index in [1.165, 1.54) is 12.1 Å². The number of aliphatic hydroxyl groups is 1. The Kier molecular flexibility index (Phi) is 10.7. The van der Waals surface area contributed by atoms with E-state index >= 15 is 0 Å². The number of aliphatic hydroxyl groups excluding tert-OH is 1. The van der Waals surface area contributed by atoms with Crippen LogP contribution in [0.5, 0.6) is 5.75 Å². The van der Waals surface area contributed by atoms with Crippen LogP contribution in [0.15, 0.2) is 53.7 Å². The molecule has 0 saturated carbocycles. The van der Waals surface area contributed by atoms with Gasteiger partial charge in [-0.2, -0.15) is 13.2 Å². The molecule has 1 atom stereocenters.